The molecule has 0 spiro atoms. The standard InChI is InChI=1S/C19H28N2O4/c1-14(2)11-21-12-16(10-17(21)18(22)24-4)20(3)19(23)25-13-15-8-6-5-7-9-15/h5-9,14,16-17H,10-13H2,1-4H3/t16-,17-/m0/s1. The molecule has 0 bridgehead atoms. The Kier molecular flexibility index (Phi) is 6.82. The summed E-state index contributed by atoms with van der Waals surface area (Å²) in [6.45, 7) is 5.91. The van der Waals surface area contributed by atoms with Gasteiger partial charge >= 0.3 is 12.1 Å². The van der Waals surface area contributed by atoms with E-state index in [0.29, 0.717) is 18.9 Å². The van der Waals surface area contributed by atoms with Crippen LogP contribution in [-0.4, -0.2) is 61.2 Å². The normalized spacial score (nSPS) is 20.5. The number of rotatable bonds is 6. The smallest absolute Gasteiger partial charge is 0.410 e. The summed E-state index contributed by atoms with van der Waals surface area (Å²) in [7, 11) is 3.13. The molecule has 1 aromatic carbocycles. The molecular formula is C19H28N2O4. The first-order chi connectivity index (χ1) is 11.9. The zero-order valence-corrected chi connectivity index (χ0v) is 15.5. The lowest BCUT2D eigenvalue weighted by Gasteiger charge is -2.25. The Morgan fingerprint density at radius 3 is 2.56 bits per heavy atom. The summed E-state index contributed by atoms with van der Waals surface area (Å²) < 4.78 is 10.3. The van der Waals surface area contributed by atoms with Crippen LogP contribution in [0.4, 0.5) is 4.79 Å². The van der Waals surface area contributed by atoms with Crippen molar-refractivity contribution in [3.8, 4) is 0 Å². The molecule has 2 atom stereocenters. The summed E-state index contributed by atoms with van der Waals surface area (Å²) in [5.41, 5.74) is 0.949. The number of nitrogens with zero attached hydrogens (tertiary/aromatic N) is 2. The van der Waals surface area contributed by atoms with Gasteiger partial charge in [0.25, 0.3) is 0 Å². The number of hydrogen-bond acceptors (Lipinski definition) is 5. The third-order valence-corrected chi connectivity index (χ3v) is 4.50. The third kappa shape index (κ3) is 5.19. The monoisotopic (exact) mass is 348 g/mol. The van der Waals surface area contributed by atoms with E-state index >= 15 is 0 Å². The van der Waals surface area contributed by atoms with Crippen molar-refractivity contribution in [1.29, 1.82) is 0 Å². The highest BCUT2D eigenvalue weighted by Gasteiger charge is 2.40. The molecule has 1 aromatic rings. The number of ether oxygens (including phenoxy) is 2. The quantitative estimate of drug-likeness (QED) is 0.740. The second-order valence-electron chi connectivity index (χ2n) is 6.93. The molecule has 1 amide bonds. The fourth-order valence-corrected chi connectivity index (χ4v) is 3.18. The minimum absolute atomic E-state index is 0.0638. The Labute approximate surface area is 149 Å². The highest BCUT2D eigenvalue weighted by molar-refractivity contribution is 5.76. The molecule has 2 rings (SSSR count). The van der Waals surface area contributed by atoms with Gasteiger partial charge in [0.05, 0.1) is 7.11 Å². The lowest BCUT2D eigenvalue weighted by molar-refractivity contribution is -0.146. The molecule has 138 valence electrons. The van der Waals surface area contributed by atoms with Crippen molar-refractivity contribution in [2.75, 3.05) is 27.2 Å². The van der Waals surface area contributed by atoms with E-state index in [-0.39, 0.29) is 30.8 Å². The molecule has 25 heavy (non-hydrogen) atoms. The van der Waals surface area contributed by atoms with E-state index in [1.54, 1.807) is 11.9 Å². The van der Waals surface area contributed by atoms with Crippen LogP contribution < -0.4 is 0 Å². The number of amides is 1. The van der Waals surface area contributed by atoms with Gasteiger partial charge in [0, 0.05) is 26.2 Å². The van der Waals surface area contributed by atoms with Gasteiger partial charge in [-0.05, 0) is 17.9 Å². The van der Waals surface area contributed by atoms with Gasteiger partial charge in [0.1, 0.15) is 12.6 Å². The highest BCUT2D eigenvalue weighted by Crippen LogP contribution is 2.24. The van der Waals surface area contributed by atoms with E-state index < -0.39 is 0 Å². The summed E-state index contributed by atoms with van der Waals surface area (Å²) in [5.74, 6) is 0.190. The highest BCUT2D eigenvalue weighted by atomic mass is 16.6. The molecule has 1 saturated heterocycles. The molecule has 0 radical (unpaired) electrons. The van der Waals surface area contributed by atoms with Crippen molar-refractivity contribution in [3.63, 3.8) is 0 Å². The number of likely N-dealkylation sites (tertiary alicyclic amines) is 1. The number of methoxy groups -OCH3 is 1. The molecular weight excluding hydrogens is 320 g/mol. The second-order valence-corrected chi connectivity index (χ2v) is 6.93. The van der Waals surface area contributed by atoms with Crippen LogP contribution in [0, 0.1) is 5.92 Å². The van der Waals surface area contributed by atoms with Crippen molar-refractivity contribution < 1.29 is 19.1 Å². The van der Waals surface area contributed by atoms with Gasteiger partial charge in [-0.25, -0.2) is 4.79 Å². The average molecular weight is 348 g/mol. The van der Waals surface area contributed by atoms with Crippen LogP contribution in [-0.2, 0) is 20.9 Å². The van der Waals surface area contributed by atoms with E-state index in [1.807, 2.05) is 30.3 Å². The number of likely N-dealkylation sites (N-methyl/N-ethyl adjacent to an activating group) is 1. The van der Waals surface area contributed by atoms with Crippen molar-refractivity contribution in [1.82, 2.24) is 9.80 Å². The molecule has 0 aliphatic carbocycles. The molecule has 1 aliphatic heterocycles. The number of benzene rings is 1. The summed E-state index contributed by atoms with van der Waals surface area (Å²) in [4.78, 5) is 28.1. The van der Waals surface area contributed by atoms with E-state index in [0.717, 1.165) is 12.1 Å². The van der Waals surface area contributed by atoms with Crippen LogP contribution in [0.2, 0.25) is 0 Å². The fraction of sp³-hybridized carbons (Fsp3) is 0.579. The first kappa shape index (κ1) is 19.2. The van der Waals surface area contributed by atoms with Gasteiger partial charge in [-0.2, -0.15) is 0 Å². The summed E-state index contributed by atoms with van der Waals surface area (Å²) in [6, 6.07) is 9.21. The second kappa shape index (κ2) is 8.85. The largest absolute Gasteiger partial charge is 0.468 e. The lowest BCUT2D eigenvalue weighted by Crippen LogP contribution is -2.40. The number of hydrogen-bond donors (Lipinski definition) is 0. The maximum atomic E-state index is 12.3. The Bertz CT molecular complexity index is 576. The first-order valence-electron chi connectivity index (χ1n) is 8.67. The van der Waals surface area contributed by atoms with Crippen molar-refractivity contribution >= 4 is 12.1 Å². The molecule has 0 saturated carbocycles. The Morgan fingerprint density at radius 2 is 1.96 bits per heavy atom. The molecule has 1 fully saturated rings. The molecule has 1 aliphatic rings. The van der Waals surface area contributed by atoms with E-state index in [9.17, 15) is 9.59 Å². The van der Waals surface area contributed by atoms with Crippen LogP contribution in [0.3, 0.4) is 0 Å². The number of esters is 1. The van der Waals surface area contributed by atoms with Crippen molar-refractivity contribution in [3.05, 3.63) is 35.9 Å². The Morgan fingerprint density at radius 1 is 1.28 bits per heavy atom. The lowest BCUT2D eigenvalue weighted by atomic mass is 10.1. The number of carbonyl (C=O) groups excluding carboxylic acids is 2. The zero-order chi connectivity index (χ0) is 18.4. The van der Waals surface area contributed by atoms with Gasteiger partial charge in [0.15, 0.2) is 0 Å². The maximum absolute atomic E-state index is 12.3. The van der Waals surface area contributed by atoms with Gasteiger partial charge in [-0.1, -0.05) is 44.2 Å². The van der Waals surface area contributed by atoms with Gasteiger partial charge < -0.3 is 14.4 Å². The molecule has 1 heterocycles. The minimum Gasteiger partial charge on any atom is -0.468 e. The average Bonchev–Trinajstić information content (AvgIpc) is 3.02. The predicted octanol–water partition coefficient (Wildman–Crippen LogP) is 2.53. The minimum atomic E-state index is -0.371. The van der Waals surface area contributed by atoms with Crippen molar-refractivity contribution in [2.24, 2.45) is 5.92 Å². The molecule has 0 aromatic heterocycles. The van der Waals surface area contributed by atoms with Crippen LogP contribution in [0.15, 0.2) is 30.3 Å². The summed E-state index contributed by atoms with van der Waals surface area (Å²) in [5, 5.41) is 0. The van der Waals surface area contributed by atoms with Gasteiger partial charge in [0.2, 0.25) is 0 Å². The van der Waals surface area contributed by atoms with Gasteiger partial charge in [-0.15, -0.1) is 0 Å². The molecule has 6 nitrogen and oxygen atoms in total. The SMILES string of the molecule is COC(=O)[C@@H]1C[C@H](N(C)C(=O)OCc2ccccc2)CN1CC(C)C. The van der Waals surface area contributed by atoms with Crippen LogP contribution in [0.25, 0.3) is 0 Å². The molecule has 6 heteroatoms. The zero-order valence-electron chi connectivity index (χ0n) is 15.5. The maximum Gasteiger partial charge on any atom is 0.410 e. The Hall–Kier alpha value is -2.08. The summed E-state index contributed by atoms with van der Waals surface area (Å²) in [6.07, 6.45) is 0.194. The Balaban J connectivity index is 1.94. The van der Waals surface area contributed by atoms with Crippen LogP contribution in [0.1, 0.15) is 25.8 Å². The molecule has 0 unspecified atom stereocenters. The van der Waals surface area contributed by atoms with E-state index in [4.69, 9.17) is 9.47 Å². The predicted molar refractivity (Wildman–Crippen MR) is 95.0 cm³/mol. The fourth-order valence-electron chi connectivity index (χ4n) is 3.18. The topological polar surface area (TPSA) is 59.1 Å². The van der Waals surface area contributed by atoms with Crippen LogP contribution in [0.5, 0.6) is 0 Å². The van der Waals surface area contributed by atoms with Gasteiger partial charge in [-0.3, -0.25) is 9.69 Å². The van der Waals surface area contributed by atoms with E-state index in [2.05, 4.69) is 18.7 Å². The van der Waals surface area contributed by atoms with E-state index in [1.165, 1.54) is 7.11 Å². The molecule has 0 N–H and O–H groups in total. The number of carbonyl (C=O) groups is 2. The first-order valence-corrected chi connectivity index (χ1v) is 8.67. The van der Waals surface area contributed by atoms with Crippen molar-refractivity contribution in [2.45, 2.75) is 39.0 Å². The third-order valence-electron chi connectivity index (χ3n) is 4.50. The summed E-state index contributed by atoms with van der Waals surface area (Å²) >= 11 is 0. The van der Waals surface area contributed by atoms with Crippen LogP contribution >= 0.6 is 0 Å².